The molecule has 2 unspecified atom stereocenters. The fourth-order valence-corrected chi connectivity index (χ4v) is 3.81. The second-order valence-electron chi connectivity index (χ2n) is 7.04. The van der Waals surface area contributed by atoms with Gasteiger partial charge in [0, 0.05) is 45.5 Å². The van der Waals surface area contributed by atoms with Crippen LogP contribution in [0, 0.1) is 22.0 Å². The molecule has 138 valence electrons. The van der Waals surface area contributed by atoms with Crippen molar-refractivity contribution in [3.8, 4) is 0 Å². The van der Waals surface area contributed by atoms with E-state index in [0.717, 1.165) is 44.6 Å². The van der Waals surface area contributed by atoms with Crippen LogP contribution < -0.4 is 9.80 Å². The number of aliphatic hydroxyl groups is 2. The molecule has 0 spiro atoms. The average molecular weight is 350 g/mol. The van der Waals surface area contributed by atoms with Crippen molar-refractivity contribution in [1.82, 2.24) is 4.98 Å². The predicted molar refractivity (Wildman–Crippen MR) is 94.9 cm³/mol. The molecule has 0 bridgehead atoms. The van der Waals surface area contributed by atoms with Crippen LogP contribution in [-0.2, 0) is 0 Å². The highest BCUT2D eigenvalue weighted by Crippen LogP contribution is 2.33. The molecule has 3 heterocycles. The summed E-state index contributed by atoms with van der Waals surface area (Å²) in [6, 6.07) is 3.23. The Morgan fingerprint density at radius 3 is 2.28 bits per heavy atom. The van der Waals surface area contributed by atoms with E-state index in [2.05, 4.69) is 9.88 Å². The van der Waals surface area contributed by atoms with Gasteiger partial charge >= 0.3 is 5.69 Å². The number of piperidine rings is 2. The first-order valence-electron chi connectivity index (χ1n) is 8.99. The lowest BCUT2D eigenvalue weighted by atomic mass is 9.98. The summed E-state index contributed by atoms with van der Waals surface area (Å²) < 4.78 is 0. The highest BCUT2D eigenvalue weighted by atomic mass is 16.6. The number of hydrogen-bond donors (Lipinski definition) is 2. The van der Waals surface area contributed by atoms with Crippen LogP contribution in [0.5, 0.6) is 0 Å². The van der Waals surface area contributed by atoms with Gasteiger partial charge in [-0.2, -0.15) is 0 Å². The molecular weight excluding hydrogens is 324 g/mol. The highest BCUT2D eigenvalue weighted by molar-refractivity contribution is 5.62. The van der Waals surface area contributed by atoms with Gasteiger partial charge in [0.1, 0.15) is 5.82 Å². The molecule has 1 aromatic rings. The second kappa shape index (κ2) is 7.97. The average Bonchev–Trinajstić information content (AvgIpc) is 2.67. The number of aromatic nitrogens is 1. The third kappa shape index (κ3) is 4.01. The molecule has 0 radical (unpaired) electrons. The lowest BCUT2D eigenvalue weighted by Gasteiger charge is -2.35. The first-order chi connectivity index (χ1) is 12.1. The smallest absolute Gasteiger partial charge is 0.311 e. The van der Waals surface area contributed by atoms with Crippen molar-refractivity contribution < 1.29 is 15.1 Å². The fraction of sp³-hybridized carbons (Fsp3) is 0.706. The maximum atomic E-state index is 11.4. The van der Waals surface area contributed by atoms with Gasteiger partial charge in [-0.25, -0.2) is 4.98 Å². The number of hydrogen-bond acceptors (Lipinski definition) is 7. The van der Waals surface area contributed by atoms with E-state index in [1.807, 2.05) is 4.90 Å². The molecule has 2 aliphatic rings. The van der Waals surface area contributed by atoms with E-state index in [1.54, 1.807) is 6.07 Å². The van der Waals surface area contributed by atoms with E-state index in [-0.39, 0.29) is 35.7 Å². The number of rotatable bonds is 5. The number of aliphatic hydroxyl groups excluding tert-OH is 2. The minimum Gasteiger partial charge on any atom is -0.396 e. The Morgan fingerprint density at radius 1 is 1.08 bits per heavy atom. The Kier molecular flexibility index (Phi) is 5.70. The van der Waals surface area contributed by atoms with Gasteiger partial charge in [-0.3, -0.25) is 10.1 Å². The summed E-state index contributed by atoms with van der Waals surface area (Å²) in [5.41, 5.74) is 0.0121. The number of pyridine rings is 1. The molecular formula is C17H26N4O4. The third-order valence-electron chi connectivity index (χ3n) is 5.21. The lowest BCUT2D eigenvalue weighted by molar-refractivity contribution is -0.384. The first kappa shape index (κ1) is 17.9. The summed E-state index contributed by atoms with van der Waals surface area (Å²) in [6.45, 7) is 3.12. The van der Waals surface area contributed by atoms with Gasteiger partial charge in [-0.15, -0.1) is 0 Å². The van der Waals surface area contributed by atoms with Crippen LogP contribution in [0.1, 0.15) is 25.7 Å². The standard InChI is InChI=1S/C17H26N4O4/c22-11-13-3-1-7-19(9-13)16-6-5-15(21(24)25)17(18-16)20-8-2-4-14(10-20)12-23/h5-6,13-14,22-23H,1-4,7-12H2. The third-order valence-corrected chi connectivity index (χ3v) is 5.21. The van der Waals surface area contributed by atoms with Crippen LogP contribution in [0.2, 0.25) is 0 Å². The molecule has 2 fully saturated rings. The SMILES string of the molecule is O=[N+]([O-])c1ccc(N2CCCC(CO)C2)nc1N1CCCC(CO)C1. The van der Waals surface area contributed by atoms with Crippen LogP contribution >= 0.6 is 0 Å². The molecule has 2 N–H and O–H groups in total. The topological polar surface area (TPSA) is 103 Å². The number of anilines is 2. The maximum absolute atomic E-state index is 11.4. The minimum absolute atomic E-state index is 0.0121. The molecule has 3 rings (SSSR count). The Labute approximate surface area is 147 Å². The van der Waals surface area contributed by atoms with E-state index in [4.69, 9.17) is 0 Å². The molecule has 0 saturated carbocycles. The fourth-order valence-electron chi connectivity index (χ4n) is 3.81. The molecule has 2 atom stereocenters. The lowest BCUT2D eigenvalue weighted by Crippen LogP contribution is -2.39. The summed E-state index contributed by atoms with van der Waals surface area (Å²) >= 11 is 0. The highest BCUT2D eigenvalue weighted by Gasteiger charge is 2.28. The van der Waals surface area contributed by atoms with Crippen LogP contribution in [-0.4, -0.2) is 59.5 Å². The maximum Gasteiger partial charge on any atom is 0.311 e. The Balaban J connectivity index is 1.88. The van der Waals surface area contributed by atoms with Crippen molar-refractivity contribution in [2.45, 2.75) is 25.7 Å². The van der Waals surface area contributed by atoms with Crippen molar-refractivity contribution in [3.63, 3.8) is 0 Å². The van der Waals surface area contributed by atoms with E-state index in [0.29, 0.717) is 18.9 Å². The van der Waals surface area contributed by atoms with Gasteiger partial charge in [-0.05, 0) is 43.6 Å². The van der Waals surface area contributed by atoms with Gasteiger partial charge < -0.3 is 20.0 Å². The zero-order valence-electron chi connectivity index (χ0n) is 14.4. The summed E-state index contributed by atoms with van der Waals surface area (Å²) in [7, 11) is 0. The van der Waals surface area contributed by atoms with Crippen LogP contribution in [0.15, 0.2) is 12.1 Å². The van der Waals surface area contributed by atoms with Gasteiger partial charge in [0.25, 0.3) is 0 Å². The molecule has 25 heavy (non-hydrogen) atoms. The minimum atomic E-state index is -0.387. The van der Waals surface area contributed by atoms with Gasteiger partial charge in [0.2, 0.25) is 5.82 Å². The van der Waals surface area contributed by atoms with E-state index < -0.39 is 0 Å². The van der Waals surface area contributed by atoms with Crippen molar-refractivity contribution in [3.05, 3.63) is 22.2 Å². The van der Waals surface area contributed by atoms with Crippen LogP contribution in [0.3, 0.4) is 0 Å². The van der Waals surface area contributed by atoms with Crippen LogP contribution in [0.4, 0.5) is 17.3 Å². The summed E-state index contributed by atoms with van der Waals surface area (Å²) in [4.78, 5) is 19.7. The quantitative estimate of drug-likeness (QED) is 0.611. The molecule has 0 aliphatic carbocycles. The van der Waals surface area contributed by atoms with Crippen molar-refractivity contribution >= 4 is 17.3 Å². The summed E-state index contributed by atoms with van der Waals surface area (Å²) in [6.07, 6.45) is 3.81. The number of nitro groups is 1. The molecule has 0 aromatic carbocycles. The van der Waals surface area contributed by atoms with Crippen molar-refractivity contribution in [2.75, 3.05) is 49.2 Å². The zero-order valence-corrected chi connectivity index (χ0v) is 14.4. The molecule has 8 nitrogen and oxygen atoms in total. The number of nitrogens with zero attached hydrogens (tertiary/aromatic N) is 4. The Hall–Kier alpha value is -1.93. The van der Waals surface area contributed by atoms with Crippen molar-refractivity contribution in [2.24, 2.45) is 11.8 Å². The largest absolute Gasteiger partial charge is 0.396 e. The monoisotopic (exact) mass is 350 g/mol. The van der Waals surface area contributed by atoms with Gasteiger partial charge in [0.05, 0.1) is 4.92 Å². The second-order valence-corrected chi connectivity index (χ2v) is 7.04. The Morgan fingerprint density at radius 2 is 1.68 bits per heavy atom. The van der Waals surface area contributed by atoms with E-state index >= 15 is 0 Å². The molecule has 0 amide bonds. The van der Waals surface area contributed by atoms with E-state index in [9.17, 15) is 20.3 Å². The zero-order chi connectivity index (χ0) is 17.8. The van der Waals surface area contributed by atoms with Gasteiger partial charge in [-0.1, -0.05) is 0 Å². The molecule has 2 aliphatic heterocycles. The predicted octanol–water partition coefficient (Wildman–Crippen LogP) is 1.41. The normalized spacial score (nSPS) is 24.4. The molecule has 1 aromatic heterocycles. The molecule has 2 saturated heterocycles. The summed E-state index contributed by atoms with van der Waals surface area (Å²) in [5.74, 6) is 1.48. The van der Waals surface area contributed by atoms with E-state index in [1.165, 1.54) is 6.07 Å². The first-order valence-corrected chi connectivity index (χ1v) is 8.99. The van der Waals surface area contributed by atoms with Crippen LogP contribution in [0.25, 0.3) is 0 Å². The molecule has 8 heteroatoms. The summed E-state index contributed by atoms with van der Waals surface area (Å²) in [5, 5.41) is 30.3. The Bertz CT molecular complexity index is 612. The van der Waals surface area contributed by atoms with Crippen molar-refractivity contribution in [1.29, 1.82) is 0 Å². The van der Waals surface area contributed by atoms with Gasteiger partial charge in [0.15, 0.2) is 0 Å².